The molecule has 0 unspecified atom stereocenters. The zero-order chi connectivity index (χ0) is 15.4. The number of pyridine rings is 2. The number of halogens is 1. The molecule has 6 heteroatoms. The Bertz CT molecular complexity index is 644. The van der Waals surface area contributed by atoms with Gasteiger partial charge in [0.15, 0.2) is 5.82 Å². The molecule has 0 spiro atoms. The highest BCUT2D eigenvalue weighted by Gasteiger charge is 2.15. The Morgan fingerprint density at radius 3 is 2.77 bits per heavy atom. The largest absolute Gasteiger partial charge is 0.381 e. The van der Waals surface area contributed by atoms with Crippen molar-refractivity contribution in [2.45, 2.75) is 25.4 Å². The second-order valence-electron chi connectivity index (χ2n) is 5.28. The molecule has 0 saturated carbocycles. The van der Waals surface area contributed by atoms with E-state index in [4.69, 9.17) is 10.5 Å². The molecule has 0 aromatic carbocycles. The molecule has 0 amide bonds. The van der Waals surface area contributed by atoms with Gasteiger partial charge in [-0.1, -0.05) is 0 Å². The normalized spacial score (nSPS) is 15.7. The molecule has 22 heavy (non-hydrogen) atoms. The van der Waals surface area contributed by atoms with Crippen molar-refractivity contribution in [2.75, 3.05) is 18.5 Å². The first-order valence-electron chi connectivity index (χ1n) is 7.42. The van der Waals surface area contributed by atoms with Gasteiger partial charge in [-0.2, -0.15) is 0 Å². The van der Waals surface area contributed by atoms with E-state index in [-0.39, 0.29) is 18.1 Å². The van der Waals surface area contributed by atoms with Crippen molar-refractivity contribution in [3.63, 3.8) is 0 Å². The Morgan fingerprint density at radius 1 is 1.23 bits per heavy atom. The molecule has 5 nitrogen and oxygen atoms in total. The summed E-state index contributed by atoms with van der Waals surface area (Å²) in [5, 5.41) is 3.39. The minimum atomic E-state index is -0.367. The van der Waals surface area contributed by atoms with Crippen LogP contribution in [0.1, 0.15) is 18.5 Å². The van der Waals surface area contributed by atoms with E-state index < -0.39 is 0 Å². The summed E-state index contributed by atoms with van der Waals surface area (Å²) in [7, 11) is 0. The van der Waals surface area contributed by atoms with Gasteiger partial charge in [-0.05, 0) is 36.6 Å². The number of nitrogens with two attached hydrogens (primary N) is 1. The summed E-state index contributed by atoms with van der Waals surface area (Å²) in [6, 6.07) is 5.64. The number of aromatic nitrogens is 2. The van der Waals surface area contributed by atoms with E-state index in [0.29, 0.717) is 11.6 Å². The molecule has 1 fully saturated rings. The fourth-order valence-corrected chi connectivity index (χ4v) is 2.58. The highest BCUT2D eigenvalue weighted by Crippen LogP contribution is 2.26. The lowest BCUT2D eigenvalue weighted by molar-refractivity contribution is 0.0904. The SMILES string of the molecule is NCc1nccc(-c2ccnc(NC3CCOCC3)c2)c1F. The summed E-state index contributed by atoms with van der Waals surface area (Å²) in [4.78, 5) is 8.27. The van der Waals surface area contributed by atoms with Crippen molar-refractivity contribution in [3.05, 3.63) is 42.1 Å². The van der Waals surface area contributed by atoms with Crippen LogP contribution >= 0.6 is 0 Å². The molecule has 0 bridgehead atoms. The average Bonchev–Trinajstić information content (AvgIpc) is 2.56. The quantitative estimate of drug-likeness (QED) is 0.907. The Kier molecular flexibility index (Phi) is 4.60. The van der Waals surface area contributed by atoms with E-state index >= 15 is 0 Å². The van der Waals surface area contributed by atoms with Crippen LogP contribution in [0.3, 0.4) is 0 Å². The highest BCUT2D eigenvalue weighted by molar-refractivity contribution is 5.67. The molecule has 1 aliphatic rings. The van der Waals surface area contributed by atoms with Crippen molar-refractivity contribution >= 4 is 5.82 Å². The molecular weight excluding hydrogens is 283 g/mol. The summed E-state index contributed by atoms with van der Waals surface area (Å²) in [5.74, 6) is 0.378. The smallest absolute Gasteiger partial charge is 0.153 e. The van der Waals surface area contributed by atoms with E-state index in [2.05, 4.69) is 15.3 Å². The van der Waals surface area contributed by atoms with Crippen molar-refractivity contribution in [1.29, 1.82) is 0 Å². The van der Waals surface area contributed by atoms with Crippen molar-refractivity contribution in [2.24, 2.45) is 5.73 Å². The Balaban J connectivity index is 1.84. The maximum Gasteiger partial charge on any atom is 0.153 e. The number of ether oxygens (including phenoxy) is 1. The summed E-state index contributed by atoms with van der Waals surface area (Å²) in [5.41, 5.74) is 7.04. The molecule has 0 aliphatic carbocycles. The van der Waals surface area contributed by atoms with Crippen LogP contribution in [0.5, 0.6) is 0 Å². The minimum absolute atomic E-state index is 0.0813. The molecule has 3 rings (SSSR count). The molecule has 0 atom stereocenters. The zero-order valence-corrected chi connectivity index (χ0v) is 12.3. The summed E-state index contributed by atoms with van der Waals surface area (Å²) in [6.07, 6.45) is 5.16. The monoisotopic (exact) mass is 302 g/mol. The van der Waals surface area contributed by atoms with Crippen LogP contribution in [-0.2, 0) is 11.3 Å². The van der Waals surface area contributed by atoms with Gasteiger partial charge in [-0.3, -0.25) is 4.98 Å². The topological polar surface area (TPSA) is 73.1 Å². The predicted octanol–water partition coefficient (Wildman–Crippen LogP) is 2.33. The van der Waals surface area contributed by atoms with E-state index in [9.17, 15) is 4.39 Å². The molecule has 3 N–H and O–H groups in total. The fraction of sp³-hybridized carbons (Fsp3) is 0.375. The third-order valence-electron chi connectivity index (χ3n) is 3.80. The Hall–Kier alpha value is -2.05. The Labute approximate surface area is 128 Å². The first-order valence-corrected chi connectivity index (χ1v) is 7.42. The average molecular weight is 302 g/mol. The number of nitrogens with one attached hydrogen (secondary N) is 1. The first kappa shape index (κ1) is 14.9. The summed E-state index contributed by atoms with van der Waals surface area (Å²) in [6.45, 7) is 1.60. The molecule has 3 heterocycles. The van der Waals surface area contributed by atoms with Crippen LogP contribution in [0.25, 0.3) is 11.1 Å². The van der Waals surface area contributed by atoms with Crippen LogP contribution in [0.2, 0.25) is 0 Å². The maximum absolute atomic E-state index is 14.3. The molecule has 2 aromatic heterocycles. The second-order valence-corrected chi connectivity index (χ2v) is 5.28. The van der Waals surface area contributed by atoms with E-state index in [1.807, 2.05) is 6.07 Å². The van der Waals surface area contributed by atoms with Crippen LogP contribution < -0.4 is 11.1 Å². The van der Waals surface area contributed by atoms with Gasteiger partial charge in [-0.15, -0.1) is 0 Å². The van der Waals surface area contributed by atoms with Crippen LogP contribution in [0, 0.1) is 5.82 Å². The van der Waals surface area contributed by atoms with Gasteiger partial charge in [0.25, 0.3) is 0 Å². The number of anilines is 1. The van der Waals surface area contributed by atoms with E-state index in [0.717, 1.165) is 37.4 Å². The van der Waals surface area contributed by atoms with Crippen molar-refractivity contribution < 1.29 is 9.13 Å². The minimum Gasteiger partial charge on any atom is -0.381 e. The van der Waals surface area contributed by atoms with Gasteiger partial charge >= 0.3 is 0 Å². The molecule has 116 valence electrons. The number of hydrogen-bond acceptors (Lipinski definition) is 5. The predicted molar refractivity (Wildman–Crippen MR) is 82.8 cm³/mol. The number of hydrogen-bond donors (Lipinski definition) is 2. The molecule has 1 saturated heterocycles. The molecule has 1 aliphatic heterocycles. The van der Waals surface area contributed by atoms with Gasteiger partial charge in [-0.25, -0.2) is 9.37 Å². The lowest BCUT2D eigenvalue weighted by Gasteiger charge is -2.23. The zero-order valence-electron chi connectivity index (χ0n) is 12.3. The number of nitrogens with zero attached hydrogens (tertiary/aromatic N) is 2. The second kappa shape index (κ2) is 6.81. The molecular formula is C16H19FN4O. The van der Waals surface area contributed by atoms with Crippen molar-refractivity contribution in [3.8, 4) is 11.1 Å². The first-order chi connectivity index (χ1) is 10.8. The standard InChI is InChI=1S/C16H19FN4O/c17-16-13(2-6-19-14(16)10-18)11-1-5-20-15(9-11)21-12-3-7-22-8-4-12/h1-2,5-6,9,12H,3-4,7-8,10,18H2,(H,20,21). The van der Waals surface area contributed by atoms with Gasteiger partial charge in [0, 0.05) is 43.8 Å². The van der Waals surface area contributed by atoms with Gasteiger partial charge in [0.1, 0.15) is 5.82 Å². The Morgan fingerprint density at radius 2 is 2.00 bits per heavy atom. The maximum atomic E-state index is 14.3. The van der Waals surface area contributed by atoms with Crippen molar-refractivity contribution in [1.82, 2.24) is 9.97 Å². The highest BCUT2D eigenvalue weighted by atomic mass is 19.1. The van der Waals surface area contributed by atoms with Crippen LogP contribution in [0.4, 0.5) is 10.2 Å². The summed E-state index contributed by atoms with van der Waals surface area (Å²) >= 11 is 0. The van der Waals surface area contributed by atoms with Gasteiger partial charge in [0.05, 0.1) is 5.69 Å². The lowest BCUT2D eigenvalue weighted by Crippen LogP contribution is -2.28. The molecule has 0 radical (unpaired) electrons. The van der Waals surface area contributed by atoms with E-state index in [1.165, 1.54) is 0 Å². The van der Waals surface area contributed by atoms with E-state index in [1.54, 1.807) is 24.5 Å². The fourth-order valence-electron chi connectivity index (χ4n) is 2.58. The third kappa shape index (κ3) is 3.23. The molecule has 2 aromatic rings. The van der Waals surface area contributed by atoms with Gasteiger partial charge in [0.2, 0.25) is 0 Å². The van der Waals surface area contributed by atoms with Gasteiger partial charge < -0.3 is 15.8 Å². The summed E-state index contributed by atoms with van der Waals surface area (Å²) < 4.78 is 19.7. The third-order valence-corrected chi connectivity index (χ3v) is 3.80. The van der Waals surface area contributed by atoms with Crippen LogP contribution in [-0.4, -0.2) is 29.2 Å². The van der Waals surface area contributed by atoms with Crippen LogP contribution in [0.15, 0.2) is 30.6 Å². The number of rotatable bonds is 4. The lowest BCUT2D eigenvalue weighted by atomic mass is 10.1.